The van der Waals surface area contributed by atoms with E-state index in [0.717, 1.165) is 11.1 Å². The fourth-order valence-corrected chi connectivity index (χ4v) is 2.61. The molecule has 0 unspecified atom stereocenters. The molecule has 0 atom stereocenters. The Balaban J connectivity index is 1.84. The van der Waals surface area contributed by atoms with Crippen LogP contribution in [0.1, 0.15) is 15.9 Å². The summed E-state index contributed by atoms with van der Waals surface area (Å²) in [5, 5.41) is 12.2. The number of anilines is 1. The minimum absolute atomic E-state index is 0.348. The van der Waals surface area contributed by atoms with Gasteiger partial charge < -0.3 is 16.9 Å². The molecule has 3 aromatic rings. The maximum Gasteiger partial charge on any atom is 0.248 e. The van der Waals surface area contributed by atoms with E-state index in [1.807, 2.05) is 12.1 Å². The molecule has 0 aliphatic carbocycles. The molecular formula is C21H18N6O. The Morgan fingerprint density at radius 3 is 2.39 bits per heavy atom. The molecule has 1 aromatic heterocycles. The fourth-order valence-electron chi connectivity index (χ4n) is 2.61. The van der Waals surface area contributed by atoms with Gasteiger partial charge in [0.15, 0.2) is 5.49 Å². The van der Waals surface area contributed by atoms with Crippen LogP contribution in [0.3, 0.4) is 0 Å². The molecule has 0 saturated heterocycles. The van der Waals surface area contributed by atoms with Crippen LogP contribution in [0, 0.1) is 11.3 Å². The number of carbonyl (C=O) groups excluding carboxylic acids is 1. The van der Waals surface area contributed by atoms with Gasteiger partial charge in [0.05, 0.1) is 11.3 Å². The number of pyridine rings is 1. The highest BCUT2D eigenvalue weighted by Gasteiger charge is 2.04. The normalized spacial score (nSPS) is 10.9. The van der Waals surface area contributed by atoms with Crippen molar-refractivity contribution in [3.8, 4) is 17.2 Å². The number of nitriles is 1. The first-order valence-electron chi connectivity index (χ1n) is 8.36. The molecule has 1 amide bonds. The number of primary amides is 1. The Morgan fingerprint density at radius 2 is 1.75 bits per heavy atom. The fraction of sp³-hybridized carbons (Fsp3) is 0. The van der Waals surface area contributed by atoms with Crippen molar-refractivity contribution < 1.29 is 4.79 Å². The molecule has 5 N–H and O–H groups in total. The molecule has 0 bridgehead atoms. The number of hydrogen-bond acceptors (Lipinski definition) is 5. The molecule has 7 nitrogen and oxygen atoms in total. The molecule has 0 aliphatic rings. The van der Waals surface area contributed by atoms with Gasteiger partial charge in [0.25, 0.3) is 0 Å². The van der Waals surface area contributed by atoms with Gasteiger partial charge in [-0.3, -0.25) is 9.47 Å². The van der Waals surface area contributed by atoms with Crippen LogP contribution in [0.5, 0.6) is 0 Å². The Hall–Kier alpha value is -4.31. The van der Waals surface area contributed by atoms with Gasteiger partial charge in [0.1, 0.15) is 11.9 Å². The number of para-hydroxylation sites is 1. The lowest BCUT2D eigenvalue weighted by molar-refractivity contribution is 0.100. The summed E-state index contributed by atoms with van der Waals surface area (Å²) in [4.78, 5) is 15.5. The number of nitrogens with zero attached hydrogens (tertiary/aromatic N) is 3. The van der Waals surface area contributed by atoms with E-state index in [1.54, 1.807) is 54.7 Å². The molecule has 0 aliphatic heterocycles. The van der Waals surface area contributed by atoms with Gasteiger partial charge in [0, 0.05) is 17.3 Å². The molecule has 2 aromatic carbocycles. The van der Waals surface area contributed by atoms with E-state index in [2.05, 4.69) is 23.0 Å². The largest absolute Gasteiger partial charge is 0.366 e. The second-order valence-corrected chi connectivity index (χ2v) is 5.97. The topological polar surface area (TPSA) is 122 Å². The van der Waals surface area contributed by atoms with Crippen LogP contribution in [0.4, 0.5) is 5.69 Å². The number of nitrogens with one attached hydrogen (secondary N) is 1. The van der Waals surface area contributed by atoms with Gasteiger partial charge in [-0.25, -0.2) is 4.99 Å². The van der Waals surface area contributed by atoms with E-state index in [4.69, 9.17) is 16.8 Å². The van der Waals surface area contributed by atoms with Crippen LogP contribution >= 0.6 is 0 Å². The van der Waals surface area contributed by atoms with Crippen LogP contribution in [0.2, 0.25) is 0 Å². The van der Waals surface area contributed by atoms with Crippen molar-refractivity contribution in [2.24, 2.45) is 10.7 Å². The summed E-state index contributed by atoms with van der Waals surface area (Å²) in [5.41, 5.74) is 9.03. The summed E-state index contributed by atoms with van der Waals surface area (Å²) >= 11 is 0. The summed E-state index contributed by atoms with van der Waals surface area (Å²) in [6, 6.07) is 19.7. The van der Waals surface area contributed by atoms with Gasteiger partial charge in [-0.15, -0.1) is 0 Å². The second kappa shape index (κ2) is 7.93. The second-order valence-electron chi connectivity index (χ2n) is 5.97. The van der Waals surface area contributed by atoms with Crippen LogP contribution in [-0.4, -0.2) is 10.6 Å². The standard InChI is InChI=1S/C21H18N6O/c1-14(25-19-5-3-2-4-17(19)12-22)26-20-11-10-18(13-27(20)24)15-6-8-16(9-7-15)21(23)28/h2-11,13,25H,1,24H2,(H2,23,28). The zero-order chi connectivity index (χ0) is 20.1. The summed E-state index contributed by atoms with van der Waals surface area (Å²) in [5.74, 6) is 5.94. The van der Waals surface area contributed by atoms with Gasteiger partial charge in [-0.05, 0) is 42.0 Å². The number of amides is 1. The Morgan fingerprint density at radius 1 is 1.07 bits per heavy atom. The highest BCUT2D eigenvalue weighted by molar-refractivity contribution is 5.93. The molecule has 0 spiro atoms. The average Bonchev–Trinajstić information content (AvgIpc) is 2.70. The highest BCUT2D eigenvalue weighted by Crippen LogP contribution is 2.18. The number of nitrogen functional groups attached to an aromatic ring is 1. The maximum atomic E-state index is 11.2. The van der Waals surface area contributed by atoms with Gasteiger partial charge >= 0.3 is 0 Å². The highest BCUT2D eigenvalue weighted by atomic mass is 16.1. The van der Waals surface area contributed by atoms with Crippen molar-refractivity contribution in [3.63, 3.8) is 0 Å². The zero-order valence-corrected chi connectivity index (χ0v) is 15.0. The molecule has 28 heavy (non-hydrogen) atoms. The molecule has 0 radical (unpaired) electrons. The quantitative estimate of drug-likeness (QED) is 0.597. The van der Waals surface area contributed by atoms with E-state index in [9.17, 15) is 4.79 Å². The van der Waals surface area contributed by atoms with Crippen molar-refractivity contribution in [1.82, 2.24) is 4.68 Å². The summed E-state index contributed by atoms with van der Waals surface area (Å²) in [6.07, 6.45) is 1.72. The van der Waals surface area contributed by atoms with Gasteiger partial charge in [0.2, 0.25) is 5.91 Å². The van der Waals surface area contributed by atoms with Crippen molar-refractivity contribution in [2.75, 3.05) is 11.2 Å². The summed E-state index contributed by atoms with van der Waals surface area (Å²) in [6.45, 7) is 3.87. The number of rotatable bonds is 5. The third kappa shape index (κ3) is 4.08. The SMILES string of the molecule is C=C(N=c1ccc(-c2ccc(C(N)=O)cc2)cn1N)Nc1ccccc1C#N. The third-order valence-electron chi connectivity index (χ3n) is 4.03. The van der Waals surface area contributed by atoms with E-state index in [-0.39, 0.29) is 0 Å². The molecule has 7 heteroatoms. The number of hydrogen-bond donors (Lipinski definition) is 3. The molecule has 3 rings (SSSR count). The lowest BCUT2D eigenvalue weighted by atomic mass is 10.1. The summed E-state index contributed by atoms with van der Waals surface area (Å²) in [7, 11) is 0. The van der Waals surface area contributed by atoms with Crippen molar-refractivity contribution in [1.29, 1.82) is 5.26 Å². The third-order valence-corrected chi connectivity index (χ3v) is 4.03. The predicted molar refractivity (Wildman–Crippen MR) is 108 cm³/mol. The average molecular weight is 370 g/mol. The molecule has 1 heterocycles. The van der Waals surface area contributed by atoms with Crippen LogP contribution < -0.4 is 22.4 Å². The van der Waals surface area contributed by atoms with Gasteiger partial charge in [-0.2, -0.15) is 5.26 Å². The maximum absolute atomic E-state index is 11.2. The lowest BCUT2D eigenvalue weighted by Gasteiger charge is -2.09. The molecule has 0 saturated carbocycles. The van der Waals surface area contributed by atoms with Crippen molar-refractivity contribution >= 4 is 11.6 Å². The number of carbonyl (C=O) groups is 1. The minimum Gasteiger partial charge on any atom is -0.366 e. The van der Waals surface area contributed by atoms with Gasteiger partial charge in [-0.1, -0.05) is 30.8 Å². The molecule has 0 fully saturated rings. The van der Waals surface area contributed by atoms with Crippen LogP contribution in [0.25, 0.3) is 11.1 Å². The van der Waals surface area contributed by atoms with E-state index in [0.29, 0.717) is 28.1 Å². The number of benzene rings is 2. The zero-order valence-electron chi connectivity index (χ0n) is 15.0. The van der Waals surface area contributed by atoms with Crippen molar-refractivity contribution in [2.45, 2.75) is 0 Å². The Kier molecular flexibility index (Phi) is 5.23. The summed E-state index contributed by atoms with van der Waals surface area (Å²) < 4.78 is 1.38. The molecular weight excluding hydrogens is 352 g/mol. The van der Waals surface area contributed by atoms with E-state index < -0.39 is 5.91 Å². The first-order valence-corrected chi connectivity index (χ1v) is 8.36. The van der Waals surface area contributed by atoms with Crippen LogP contribution in [0.15, 0.2) is 84.3 Å². The lowest BCUT2D eigenvalue weighted by Crippen LogP contribution is -2.27. The first kappa shape index (κ1) is 18.5. The monoisotopic (exact) mass is 370 g/mol. The Labute approximate surface area is 161 Å². The smallest absolute Gasteiger partial charge is 0.248 e. The van der Waals surface area contributed by atoms with E-state index in [1.165, 1.54) is 4.68 Å². The minimum atomic E-state index is -0.474. The van der Waals surface area contributed by atoms with Crippen LogP contribution in [-0.2, 0) is 0 Å². The number of aromatic nitrogens is 1. The van der Waals surface area contributed by atoms with Crippen molar-refractivity contribution in [3.05, 3.63) is 95.9 Å². The number of nitrogens with two attached hydrogens (primary N) is 2. The first-order chi connectivity index (χ1) is 13.5. The molecule has 138 valence electrons. The predicted octanol–water partition coefficient (Wildman–Crippen LogP) is 2.32. The van der Waals surface area contributed by atoms with E-state index >= 15 is 0 Å². The Bertz CT molecular complexity index is 1150.